The van der Waals surface area contributed by atoms with Crippen LogP contribution >= 0.6 is 0 Å². The zero-order valence-electron chi connectivity index (χ0n) is 9.14. The summed E-state index contributed by atoms with van der Waals surface area (Å²) in [6.45, 7) is 5.28. The van der Waals surface area contributed by atoms with Crippen molar-refractivity contribution in [3.05, 3.63) is 35.4 Å². The highest BCUT2D eigenvalue weighted by atomic mass is 14.9. The van der Waals surface area contributed by atoms with Gasteiger partial charge in [-0.25, -0.2) is 0 Å². The fourth-order valence-corrected chi connectivity index (χ4v) is 1.44. The van der Waals surface area contributed by atoms with Crippen LogP contribution in [0.4, 0.5) is 0 Å². The lowest BCUT2D eigenvalue weighted by Gasteiger charge is -2.04. The van der Waals surface area contributed by atoms with Gasteiger partial charge in [-0.2, -0.15) is 0 Å². The summed E-state index contributed by atoms with van der Waals surface area (Å²) in [6.07, 6.45) is 1.12. The molecule has 1 aromatic rings. The van der Waals surface area contributed by atoms with Gasteiger partial charge >= 0.3 is 0 Å². The van der Waals surface area contributed by atoms with Gasteiger partial charge in [0.15, 0.2) is 0 Å². The lowest BCUT2D eigenvalue weighted by atomic mass is 10.1. The standard InChI is InChI=1S/C12H20N2/c1-11-4-3-5-12(10-11)6-7-14-9-8-13-2/h3-5,10,13-14H,6-9H2,1-2H3. The van der Waals surface area contributed by atoms with E-state index < -0.39 is 0 Å². The summed E-state index contributed by atoms with van der Waals surface area (Å²) in [5.74, 6) is 0. The van der Waals surface area contributed by atoms with Crippen LogP contribution in [-0.4, -0.2) is 26.7 Å². The SMILES string of the molecule is CNCCNCCc1cccc(C)c1. The zero-order valence-corrected chi connectivity index (χ0v) is 9.14. The molecular formula is C12H20N2. The van der Waals surface area contributed by atoms with Crippen LogP contribution in [0.15, 0.2) is 24.3 Å². The van der Waals surface area contributed by atoms with Crippen molar-refractivity contribution in [3.8, 4) is 0 Å². The van der Waals surface area contributed by atoms with Crippen LogP contribution in [0.3, 0.4) is 0 Å². The summed E-state index contributed by atoms with van der Waals surface area (Å²) in [4.78, 5) is 0. The molecule has 0 aliphatic heterocycles. The molecule has 0 radical (unpaired) electrons. The zero-order chi connectivity index (χ0) is 10.2. The second-order valence-corrected chi connectivity index (χ2v) is 3.59. The molecule has 0 spiro atoms. The van der Waals surface area contributed by atoms with Crippen molar-refractivity contribution in [2.24, 2.45) is 0 Å². The predicted octanol–water partition coefficient (Wildman–Crippen LogP) is 1.35. The smallest absolute Gasteiger partial charge is 0.00767 e. The molecule has 0 saturated carbocycles. The Balaban J connectivity index is 2.18. The molecule has 0 aliphatic rings. The Labute approximate surface area is 86.7 Å². The van der Waals surface area contributed by atoms with E-state index in [0.29, 0.717) is 0 Å². The van der Waals surface area contributed by atoms with Gasteiger partial charge in [-0.15, -0.1) is 0 Å². The van der Waals surface area contributed by atoms with E-state index in [1.807, 2.05) is 7.05 Å². The van der Waals surface area contributed by atoms with Gasteiger partial charge in [0.1, 0.15) is 0 Å². The lowest BCUT2D eigenvalue weighted by Crippen LogP contribution is -2.26. The van der Waals surface area contributed by atoms with E-state index in [4.69, 9.17) is 0 Å². The Bertz CT molecular complexity index is 258. The molecule has 0 amide bonds. The fourth-order valence-electron chi connectivity index (χ4n) is 1.44. The van der Waals surface area contributed by atoms with E-state index in [1.165, 1.54) is 11.1 Å². The van der Waals surface area contributed by atoms with Gasteiger partial charge in [-0.3, -0.25) is 0 Å². The molecule has 2 heteroatoms. The number of hydrogen-bond acceptors (Lipinski definition) is 2. The van der Waals surface area contributed by atoms with Crippen molar-refractivity contribution in [3.63, 3.8) is 0 Å². The van der Waals surface area contributed by atoms with E-state index in [9.17, 15) is 0 Å². The molecule has 1 aromatic carbocycles. The van der Waals surface area contributed by atoms with Gasteiger partial charge in [0.2, 0.25) is 0 Å². The summed E-state index contributed by atoms with van der Waals surface area (Å²) in [7, 11) is 1.97. The van der Waals surface area contributed by atoms with E-state index in [1.54, 1.807) is 0 Å². The molecule has 0 aliphatic carbocycles. The third kappa shape index (κ3) is 4.40. The first-order valence-electron chi connectivity index (χ1n) is 5.24. The normalized spacial score (nSPS) is 10.4. The molecule has 2 nitrogen and oxygen atoms in total. The molecular weight excluding hydrogens is 172 g/mol. The first-order valence-corrected chi connectivity index (χ1v) is 5.24. The summed E-state index contributed by atoms with van der Waals surface area (Å²) in [5, 5.41) is 6.50. The summed E-state index contributed by atoms with van der Waals surface area (Å²) < 4.78 is 0. The van der Waals surface area contributed by atoms with Gasteiger partial charge in [-0.05, 0) is 32.5 Å². The molecule has 0 heterocycles. The average Bonchev–Trinajstić information content (AvgIpc) is 2.18. The summed E-state index contributed by atoms with van der Waals surface area (Å²) >= 11 is 0. The number of rotatable bonds is 6. The Morgan fingerprint density at radius 1 is 1.14 bits per heavy atom. The number of nitrogens with one attached hydrogen (secondary N) is 2. The average molecular weight is 192 g/mol. The molecule has 0 aromatic heterocycles. The summed E-state index contributed by atoms with van der Waals surface area (Å²) in [6, 6.07) is 8.70. The van der Waals surface area contributed by atoms with Crippen LogP contribution in [0.25, 0.3) is 0 Å². The van der Waals surface area contributed by atoms with Gasteiger partial charge in [-0.1, -0.05) is 29.8 Å². The van der Waals surface area contributed by atoms with Crippen molar-refractivity contribution < 1.29 is 0 Å². The second-order valence-electron chi connectivity index (χ2n) is 3.59. The van der Waals surface area contributed by atoms with Crippen molar-refractivity contribution >= 4 is 0 Å². The quantitative estimate of drug-likeness (QED) is 0.665. The van der Waals surface area contributed by atoms with Gasteiger partial charge in [0, 0.05) is 13.1 Å². The number of benzene rings is 1. The van der Waals surface area contributed by atoms with Crippen LogP contribution in [0, 0.1) is 6.92 Å². The van der Waals surface area contributed by atoms with Crippen LogP contribution in [0.2, 0.25) is 0 Å². The maximum Gasteiger partial charge on any atom is 0.00767 e. The topological polar surface area (TPSA) is 24.1 Å². The number of likely N-dealkylation sites (N-methyl/N-ethyl adjacent to an activating group) is 1. The molecule has 0 atom stereocenters. The first kappa shape index (κ1) is 11.2. The van der Waals surface area contributed by atoms with Crippen molar-refractivity contribution in [1.29, 1.82) is 0 Å². The van der Waals surface area contributed by atoms with Gasteiger partial charge in [0.25, 0.3) is 0 Å². The van der Waals surface area contributed by atoms with Crippen molar-refractivity contribution in [2.45, 2.75) is 13.3 Å². The molecule has 14 heavy (non-hydrogen) atoms. The Kier molecular flexibility index (Phi) is 5.27. The number of hydrogen-bond donors (Lipinski definition) is 2. The maximum atomic E-state index is 3.39. The first-order chi connectivity index (χ1) is 6.83. The Morgan fingerprint density at radius 2 is 2.00 bits per heavy atom. The van der Waals surface area contributed by atoms with Gasteiger partial charge < -0.3 is 10.6 Å². The highest BCUT2D eigenvalue weighted by Crippen LogP contribution is 2.03. The van der Waals surface area contributed by atoms with E-state index in [2.05, 4.69) is 41.8 Å². The highest BCUT2D eigenvalue weighted by molar-refractivity contribution is 5.22. The van der Waals surface area contributed by atoms with Gasteiger partial charge in [0.05, 0.1) is 0 Å². The molecule has 0 fully saturated rings. The molecule has 1 rings (SSSR count). The third-order valence-electron chi connectivity index (χ3n) is 2.22. The maximum absolute atomic E-state index is 3.39. The van der Waals surface area contributed by atoms with Crippen LogP contribution in [0.1, 0.15) is 11.1 Å². The third-order valence-corrected chi connectivity index (χ3v) is 2.22. The number of aryl methyl sites for hydroxylation is 1. The molecule has 0 bridgehead atoms. The fraction of sp³-hybridized carbons (Fsp3) is 0.500. The van der Waals surface area contributed by atoms with E-state index in [-0.39, 0.29) is 0 Å². The minimum Gasteiger partial charge on any atom is -0.318 e. The van der Waals surface area contributed by atoms with Crippen molar-refractivity contribution in [2.75, 3.05) is 26.7 Å². The van der Waals surface area contributed by atoms with Crippen LogP contribution < -0.4 is 10.6 Å². The predicted molar refractivity (Wildman–Crippen MR) is 61.7 cm³/mol. The van der Waals surface area contributed by atoms with E-state index in [0.717, 1.165) is 26.1 Å². The minimum atomic E-state index is 1.04. The molecule has 0 saturated heterocycles. The largest absolute Gasteiger partial charge is 0.318 e. The Hall–Kier alpha value is -0.860. The lowest BCUT2D eigenvalue weighted by molar-refractivity contribution is 0.649. The van der Waals surface area contributed by atoms with Crippen LogP contribution in [-0.2, 0) is 6.42 Å². The molecule has 0 unspecified atom stereocenters. The summed E-state index contributed by atoms with van der Waals surface area (Å²) in [5.41, 5.74) is 2.76. The molecule has 78 valence electrons. The molecule has 2 N–H and O–H groups in total. The monoisotopic (exact) mass is 192 g/mol. The highest BCUT2D eigenvalue weighted by Gasteiger charge is 1.92. The Morgan fingerprint density at radius 3 is 2.71 bits per heavy atom. The van der Waals surface area contributed by atoms with Crippen LogP contribution in [0.5, 0.6) is 0 Å². The minimum absolute atomic E-state index is 1.04. The second kappa shape index (κ2) is 6.57. The van der Waals surface area contributed by atoms with E-state index >= 15 is 0 Å². The van der Waals surface area contributed by atoms with Crippen molar-refractivity contribution in [1.82, 2.24) is 10.6 Å².